The Balaban J connectivity index is 0. The van der Waals surface area contributed by atoms with Gasteiger partial charge < -0.3 is 10.2 Å². The summed E-state index contributed by atoms with van der Waals surface area (Å²) in [5.74, 6) is 0.806. The Kier molecular flexibility index (Phi) is 9.65. The lowest BCUT2D eigenvalue weighted by Gasteiger charge is -2.32. The summed E-state index contributed by atoms with van der Waals surface area (Å²) in [4.78, 5) is 2.55. The predicted molar refractivity (Wildman–Crippen MR) is 63.2 cm³/mol. The van der Waals surface area contributed by atoms with Crippen LogP contribution in [0.15, 0.2) is 0 Å². The fraction of sp³-hybridized carbons (Fsp3) is 1.00. The zero-order chi connectivity index (χ0) is 8.27. The summed E-state index contributed by atoms with van der Waals surface area (Å²) in [6, 6.07) is 0.683. The summed E-state index contributed by atoms with van der Waals surface area (Å²) < 4.78 is 0. The summed E-state index contributed by atoms with van der Waals surface area (Å²) in [5, 5.41) is 3.44. The molecule has 82 valence electrons. The number of hydrogen-bond acceptors (Lipinski definition) is 2. The van der Waals surface area contributed by atoms with E-state index in [0.717, 1.165) is 12.5 Å². The Hall–Kier alpha value is 0.500. The molecule has 1 unspecified atom stereocenters. The van der Waals surface area contributed by atoms with Gasteiger partial charge in [0.05, 0.1) is 0 Å². The molecule has 0 aliphatic carbocycles. The quantitative estimate of drug-likeness (QED) is 0.776. The van der Waals surface area contributed by atoms with Crippen LogP contribution >= 0.6 is 24.8 Å². The molecule has 1 fully saturated rings. The number of halogens is 2. The average Bonchev–Trinajstić information content (AvgIpc) is 1.85. The first kappa shape index (κ1) is 15.9. The molecule has 0 aromatic rings. The van der Waals surface area contributed by atoms with Crippen molar-refractivity contribution in [1.29, 1.82) is 0 Å². The maximum absolute atomic E-state index is 3.44. The first-order chi connectivity index (χ1) is 5.18. The highest BCUT2D eigenvalue weighted by atomic mass is 35.5. The molecule has 0 radical (unpaired) electrons. The molecule has 0 aromatic heterocycles. The summed E-state index contributed by atoms with van der Waals surface area (Å²) in [5.41, 5.74) is 0. The van der Waals surface area contributed by atoms with Gasteiger partial charge in [-0.1, -0.05) is 13.8 Å². The SMILES string of the molecule is CC(C)CN1CCNC(C)C1.Cl.Cl. The number of piperazine rings is 1. The molecule has 13 heavy (non-hydrogen) atoms. The minimum absolute atomic E-state index is 0. The third-order valence-electron chi connectivity index (χ3n) is 2.08. The van der Waals surface area contributed by atoms with E-state index >= 15 is 0 Å². The van der Waals surface area contributed by atoms with Crippen molar-refractivity contribution in [2.24, 2.45) is 5.92 Å². The minimum atomic E-state index is 0. The van der Waals surface area contributed by atoms with Gasteiger partial charge >= 0.3 is 0 Å². The van der Waals surface area contributed by atoms with Crippen LogP contribution in [0.5, 0.6) is 0 Å². The van der Waals surface area contributed by atoms with E-state index in [1.54, 1.807) is 0 Å². The lowest BCUT2D eigenvalue weighted by molar-refractivity contribution is 0.188. The van der Waals surface area contributed by atoms with Gasteiger partial charge in [0.15, 0.2) is 0 Å². The number of nitrogens with zero attached hydrogens (tertiary/aromatic N) is 1. The monoisotopic (exact) mass is 228 g/mol. The van der Waals surface area contributed by atoms with Crippen LogP contribution in [0.2, 0.25) is 0 Å². The van der Waals surface area contributed by atoms with Crippen molar-refractivity contribution < 1.29 is 0 Å². The van der Waals surface area contributed by atoms with E-state index < -0.39 is 0 Å². The summed E-state index contributed by atoms with van der Waals surface area (Å²) in [7, 11) is 0. The van der Waals surface area contributed by atoms with Crippen LogP contribution in [-0.4, -0.2) is 37.1 Å². The Morgan fingerprint density at radius 3 is 2.46 bits per heavy atom. The van der Waals surface area contributed by atoms with Gasteiger partial charge in [-0.3, -0.25) is 0 Å². The molecule has 1 atom stereocenters. The highest BCUT2D eigenvalue weighted by Gasteiger charge is 2.15. The van der Waals surface area contributed by atoms with Gasteiger partial charge in [-0.25, -0.2) is 0 Å². The zero-order valence-electron chi connectivity index (χ0n) is 8.75. The van der Waals surface area contributed by atoms with Gasteiger partial charge in [0.25, 0.3) is 0 Å². The van der Waals surface area contributed by atoms with E-state index in [-0.39, 0.29) is 24.8 Å². The molecule has 1 aliphatic heterocycles. The second-order valence-corrected chi connectivity index (χ2v) is 4.01. The van der Waals surface area contributed by atoms with Gasteiger partial charge in [-0.15, -0.1) is 24.8 Å². The normalized spacial score (nSPS) is 23.5. The van der Waals surface area contributed by atoms with Gasteiger partial charge in [0, 0.05) is 32.2 Å². The lowest BCUT2D eigenvalue weighted by Crippen LogP contribution is -2.50. The average molecular weight is 229 g/mol. The molecule has 0 amide bonds. The van der Waals surface area contributed by atoms with E-state index in [1.165, 1.54) is 19.6 Å². The molecule has 2 nitrogen and oxygen atoms in total. The van der Waals surface area contributed by atoms with E-state index in [9.17, 15) is 0 Å². The van der Waals surface area contributed by atoms with Crippen molar-refractivity contribution in [3.63, 3.8) is 0 Å². The molecule has 0 bridgehead atoms. The summed E-state index contributed by atoms with van der Waals surface area (Å²) in [6.07, 6.45) is 0. The molecular formula is C9H22Cl2N2. The highest BCUT2D eigenvalue weighted by molar-refractivity contribution is 5.85. The van der Waals surface area contributed by atoms with Gasteiger partial charge in [0.2, 0.25) is 0 Å². The van der Waals surface area contributed by atoms with E-state index in [0.29, 0.717) is 6.04 Å². The Labute approximate surface area is 94.3 Å². The predicted octanol–water partition coefficient (Wildman–Crippen LogP) is 1.78. The standard InChI is InChI=1S/C9H20N2.2ClH/c1-8(2)6-11-5-4-10-9(3)7-11;;/h8-10H,4-7H2,1-3H3;2*1H. The second-order valence-electron chi connectivity index (χ2n) is 4.01. The van der Waals surface area contributed by atoms with Crippen LogP contribution in [0.3, 0.4) is 0 Å². The number of nitrogens with one attached hydrogen (secondary N) is 1. The van der Waals surface area contributed by atoms with Crippen LogP contribution in [-0.2, 0) is 0 Å². The van der Waals surface area contributed by atoms with Crippen LogP contribution in [0, 0.1) is 5.92 Å². The number of rotatable bonds is 2. The third kappa shape index (κ3) is 6.55. The van der Waals surface area contributed by atoms with E-state index in [2.05, 4.69) is 31.0 Å². The summed E-state index contributed by atoms with van der Waals surface area (Å²) >= 11 is 0. The molecule has 1 N–H and O–H groups in total. The van der Waals surface area contributed by atoms with Crippen LogP contribution in [0.4, 0.5) is 0 Å². The minimum Gasteiger partial charge on any atom is -0.312 e. The van der Waals surface area contributed by atoms with E-state index in [4.69, 9.17) is 0 Å². The van der Waals surface area contributed by atoms with Gasteiger partial charge in [-0.2, -0.15) is 0 Å². The molecular weight excluding hydrogens is 207 g/mol. The Bertz CT molecular complexity index is 118. The topological polar surface area (TPSA) is 15.3 Å². The van der Waals surface area contributed by atoms with Crippen molar-refractivity contribution in [1.82, 2.24) is 10.2 Å². The first-order valence-electron chi connectivity index (χ1n) is 4.64. The molecule has 1 rings (SSSR count). The Morgan fingerprint density at radius 2 is 2.00 bits per heavy atom. The van der Waals surface area contributed by atoms with E-state index in [1.807, 2.05) is 0 Å². The Morgan fingerprint density at radius 1 is 1.38 bits per heavy atom. The second kappa shape index (κ2) is 7.86. The molecule has 4 heteroatoms. The first-order valence-corrected chi connectivity index (χ1v) is 4.64. The van der Waals surface area contributed by atoms with Crippen molar-refractivity contribution >= 4 is 24.8 Å². The molecule has 0 saturated carbocycles. The van der Waals surface area contributed by atoms with Crippen molar-refractivity contribution in [2.45, 2.75) is 26.8 Å². The molecule has 0 aromatic carbocycles. The van der Waals surface area contributed by atoms with Crippen molar-refractivity contribution in [3.8, 4) is 0 Å². The number of hydrogen-bond donors (Lipinski definition) is 1. The fourth-order valence-electron chi connectivity index (χ4n) is 1.69. The van der Waals surface area contributed by atoms with Gasteiger partial charge in [-0.05, 0) is 12.8 Å². The molecule has 0 spiro atoms. The largest absolute Gasteiger partial charge is 0.312 e. The van der Waals surface area contributed by atoms with Crippen molar-refractivity contribution in [3.05, 3.63) is 0 Å². The lowest BCUT2D eigenvalue weighted by atomic mass is 10.1. The van der Waals surface area contributed by atoms with Crippen molar-refractivity contribution in [2.75, 3.05) is 26.2 Å². The highest BCUT2D eigenvalue weighted by Crippen LogP contribution is 2.02. The van der Waals surface area contributed by atoms with Gasteiger partial charge in [0.1, 0.15) is 0 Å². The zero-order valence-corrected chi connectivity index (χ0v) is 10.4. The smallest absolute Gasteiger partial charge is 0.0167 e. The maximum Gasteiger partial charge on any atom is 0.0167 e. The summed E-state index contributed by atoms with van der Waals surface area (Å²) in [6.45, 7) is 11.7. The maximum atomic E-state index is 3.44. The third-order valence-corrected chi connectivity index (χ3v) is 2.08. The van der Waals surface area contributed by atoms with Crippen LogP contribution < -0.4 is 5.32 Å². The van der Waals surface area contributed by atoms with Crippen LogP contribution in [0.1, 0.15) is 20.8 Å². The fourth-order valence-corrected chi connectivity index (χ4v) is 1.69. The molecule has 1 heterocycles. The molecule has 1 saturated heterocycles. The van der Waals surface area contributed by atoms with Crippen LogP contribution in [0.25, 0.3) is 0 Å². The molecule has 1 aliphatic rings.